The minimum absolute atomic E-state index is 0.169. The number of benzene rings is 2. The Kier molecular flexibility index (Phi) is 4.78. The van der Waals surface area contributed by atoms with Crippen molar-refractivity contribution >= 4 is 29.0 Å². The van der Waals surface area contributed by atoms with Crippen LogP contribution in [0.25, 0.3) is 0 Å². The predicted molar refractivity (Wildman–Crippen MR) is 98.8 cm³/mol. The fraction of sp³-hybridized carbons (Fsp3) is 0.158. The number of urea groups is 1. The van der Waals surface area contributed by atoms with Crippen LogP contribution >= 0.6 is 0 Å². The van der Waals surface area contributed by atoms with E-state index >= 15 is 0 Å². The van der Waals surface area contributed by atoms with Crippen molar-refractivity contribution in [3.05, 3.63) is 60.2 Å². The maximum atomic E-state index is 12.7. The van der Waals surface area contributed by atoms with Crippen LogP contribution in [0.2, 0.25) is 0 Å². The molecule has 0 aliphatic carbocycles. The van der Waals surface area contributed by atoms with Gasteiger partial charge in [-0.05, 0) is 43.3 Å². The number of nitriles is 1. The molecule has 0 saturated carbocycles. The van der Waals surface area contributed by atoms with Gasteiger partial charge in [-0.1, -0.05) is 18.2 Å². The number of hydrazine groups is 1. The van der Waals surface area contributed by atoms with E-state index in [2.05, 4.69) is 10.3 Å². The molecule has 0 spiro atoms. The number of carbonyl (C=O) groups is 2. The van der Waals surface area contributed by atoms with Gasteiger partial charge in [0, 0.05) is 12.7 Å². The van der Waals surface area contributed by atoms with Crippen LogP contribution in [0.4, 0.5) is 16.2 Å². The van der Waals surface area contributed by atoms with E-state index in [1.807, 2.05) is 43.3 Å². The van der Waals surface area contributed by atoms with Gasteiger partial charge in [-0.2, -0.15) is 10.3 Å². The lowest BCUT2D eigenvalue weighted by Gasteiger charge is -2.25. The molecule has 1 fully saturated rings. The monoisotopic (exact) mass is 347 g/mol. The van der Waals surface area contributed by atoms with E-state index in [9.17, 15) is 9.59 Å². The Balaban J connectivity index is 1.80. The van der Waals surface area contributed by atoms with Gasteiger partial charge in [0.2, 0.25) is 0 Å². The first-order valence-corrected chi connectivity index (χ1v) is 8.03. The summed E-state index contributed by atoms with van der Waals surface area (Å²) in [5.41, 5.74) is 1.88. The summed E-state index contributed by atoms with van der Waals surface area (Å²) in [6, 6.07) is 16.6. The number of carbonyl (C=O) groups excluding carboxylic acids is 2. The number of nitrogens with one attached hydrogen (secondary N) is 1. The average molecular weight is 347 g/mol. The first kappa shape index (κ1) is 17.3. The standard InChI is InChI=1S/C19H17N5O2/c1-13-17(18(25)24(23(13)2)16-6-4-3-5-7-16)22-19(26)21-15-10-8-14(12-20)9-11-15/h3-11,13H,1-2H3,(H,21,26). The average Bonchev–Trinajstić information content (AvgIpc) is 2.86. The summed E-state index contributed by atoms with van der Waals surface area (Å²) in [4.78, 5) is 28.9. The molecular formula is C19H17N5O2. The Morgan fingerprint density at radius 2 is 1.81 bits per heavy atom. The van der Waals surface area contributed by atoms with Gasteiger partial charge in [0.15, 0.2) is 0 Å². The molecular weight excluding hydrogens is 330 g/mol. The molecule has 0 radical (unpaired) electrons. The van der Waals surface area contributed by atoms with E-state index < -0.39 is 6.03 Å². The second kappa shape index (κ2) is 7.17. The zero-order valence-electron chi connectivity index (χ0n) is 14.4. The first-order chi connectivity index (χ1) is 12.5. The lowest BCUT2D eigenvalue weighted by molar-refractivity contribution is -0.113. The molecule has 3 amide bonds. The van der Waals surface area contributed by atoms with E-state index in [0.29, 0.717) is 16.9 Å². The molecule has 1 N–H and O–H groups in total. The number of hydrogen-bond donors (Lipinski definition) is 1. The lowest BCUT2D eigenvalue weighted by atomic mass is 10.2. The summed E-state index contributed by atoms with van der Waals surface area (Å²) in [5.74, 6) is -0.332. The molecule has 0 aromatic heterocycles. The second-order valence-electron chi connectivity index (χ2n) is 5.82. The third kappa shape index (κ3) is 3.31. The second-order valence-corrected chi connectivity index (χ2v) is 5.82. The molecule has 0 bridgehead atoms. The number of aliphatic imine (C=N–C) groups is 1. The van der Waals surface area contributed by atoms with Crippen LogP contribution in [0.1, 0.15) is 12.5 Å². The number of anilines is 2. The highest BCUT2D eigenvalue weighted by Crippen LogP contribution is 2.24. The molecule has 1 aliphatic rings. The zero-order valence-corrected chi connectivity index (χ0v) is 14.4. The van der Waals surface area contributed by atoms with Gasteiger partial charge >= 0.3 is 6.03 Å². The Hall–Kier alpha value is -3.50. The summed E-state index contributed by atoms with van der Waals surface area (Å²) in [6.07, 6.45) is 0. The van der Waals surface area contributed by atoms with Crippen LogP contribution in [0.15, 0.2) is 59.6 Å². The van der Waals surface area contributed by atoms with Gasteiger partial charge in [0.1, 0.15) is 5.71 Å². The third-order valence-electron chi connectivity index (χ3n) is 4.17. The van der Waals surface area contributed by atoms with Crippen LogP contribution in [-0.4, -0.2) is 35.7 Å². The summed E-state index contributed by atoms with van der Waals surface area (Å²) >= 11 is 0. The largest absolute Gasteiger partial charge is 0.345 e. The van der Waals surface area contributed by atoms with Crippen molar-refractivity contribution in [2.75, 3.05) is 17.4 Å². The van der Waals surface area contributed by atoms with Crippen molar-refractivity contribution in [3.8, 4) is 6.07 Å². The number of nitrogens with zero attached hydrogens (tertiary/aromatic N) is 4. The van der Waals surface area contributed by atoms with Gasteiger partial charge in [0.05, 0.1) is 23.4 Å². The van der Waals surface area contributed by atoms with E-state index in [0.717, 1.165) is 0 Å². The Labute approximate surface area is 151 Å². The molecule has 7 heteroatoms. The fourth-order valence-electron chi connectivity index (χ4n) is 2.68. The third-order valence-corrected chi connectivity index (χ3v) is 4.17. The van der Waals surface area contributed by atoms with Gasteiger partial charge in [0.25, 0.3) is 5.91 Å². The molecule has 130 valence electrons. The van der Waals surface area contributed by atoms with Gasteiger partial charge in [-0.25, -0.2) is 14.8 Å². The maximum Gasteiger partial charge on any atom is 0.345 e. The van der Waals surface area contributed by atoms with Crippen molar-refractivity contribution in [1.29, 1.82) is 5.26 Å². The molecule has 1 saturated heterocycles. The molecule has 2 aromatic carbocycles. The van der Waals surface area contributed by atoms with Crippen molar-refractivity contribution in [3.63, 3.8) is 0 Å². The lowest BCUT2D eigenvalue weighted by Crippen LogP contribution is -2.38. The zero-order chi connectivity index (χ0) is 18.7. The number of hydrogen-bond acceptors (Lipinski definition) is 4. The normalized spacial score (nSPS) is 18.8. The predicted octanol–water partition coefficient (Wildman–Crippen LogP) is 2.81. The Morgan fingerprint density at radius 3 is 2.42 bits per heavy atom. The van der Waals surface area contributed by atoms with E-state index in [-0.39, 0.29) is 17.7 Å². The van der Waals surface area contributed by atoms with Crippen LogP contribution in [0, 0.1) is 11.3 Å². The molecule has 1 heterocycles. The Bertz CT molecular complexity index is 900. The first-order valence-electron chi connectivity index (χ1n) is 8.03. The van der Waals surface area contributed by atoms with Crippen molar-refractivity contribution in [2.24, 2.45) is 4.99 Å². The van der Waals surface area contributed by atoms with Crippen LogP contribution in [0.5, 0.6) is 0 Å². The van der Waals surface area contributed by atoms with Crippen molar-refractivity contribution < 1.29 is 9.59 Å². The summed E-state index contributed by atoms with van der Waals surface area (Å²) in [7, 11) is 1.77. The van der Waals surface area contributed by atoms with Crippen LogP contribution < -0.4 is 10.3 Å². The molecule has 1 aliphatic heterocycles. The quantitative estimate of drug-likeness (QED) is 0.905. The summed E-state index contributed by atoms with van der Waals surface area (Å²) in [6.45, 7) is 1.81. The number of para-hydroxylation sites is 1. The molecule has 3 rings (SSSR count). The smallest absolute Gasteiger partial charge is 0.306 e. The van der Waals surface area contributed by atoms with E-state index in [4.69, 9.17) is 5.26 Å². The molecule has 26 heavy (non-hydrogen) atoms. The highest BCUT2D eigenvalue weighted by Gasteiger charge is 2.40. The van der Waals surface area contributed by atoms with Gasteiger partial charge < -0.3 is 5.32 Å². The number of amides is 3. The number of rotatable bonds is 2. The van der Waals surface area contributed by atoms with Crippen LogP contribution in [0.3, 0.4) is 0 Å². The summed E-state index contributed by atoms with van der Waals surface area (Å²) < 4.78 is 0. The maximum absolute atomic E-state index is 12.7. The summed E-state index contributed by atoms with van der Waals surface area (Å²) in [5, 5.41) is 14.6. The Morgan fingerprint density at radius 1 is 1.15 bits per heavy atom. The van der Waals surface area contributed by atoms with Gasteiger partial charge in [-0.3, -0.25) is 4.79 Å². The van der Waals surface area contributed by atoms with Gasteiger partial charge in [-0.15, -0.1) is 0 Å². The van der Waals surface area contributed by atoms with Crippen LogP contribution in [-0.2, 0) is 4.79 Å². The minimum Gasteiger partial charge on any atom is -0.306 e. The molecule has 1 atom stereocenters. The molecule has 2 aromatic rings. The fourth-order valence-corrected chi connectivity index (χ4v) is 2.68. The van der Waals surface area contributed by atoms with Crippen molar-refractivity contribution in [2.45, 2.75) is 13.0 Å². The highest BCUT2D eigenvalue weighted by molar-refractivity contribution is 6.48. The highest BCUT2D eigenvalue weighted by atomic mass is 16.2. The molecule has 1 unspecified atom stereocenters. The topological polar surface area (TPSA) is 88.8 Å². The molecule has 7 nitrogen and oxygen atoms in total. The minimum atomic E-state index is -0.631. The van der Waals surface area contributed by atoms with E-state index in [1.54, 1.807) is 36.3 Å². The van der Waals surface area contributed by atoms with Crippen molar-refractivity contribution in [1.82, 2.24) is 5.01 Å². The van der Waals surface area contributed by atoms with E-state index in [1.165, 1.54) is 5.01 Å². The SMILES string of the molecule is CC1C(=NC(=O)Nc2ccc(C#N)cc2)C(=O)N(c2ccccc2)N1C.